The van der Waals surface area contributed by atoms with Crippen molar-refractivity contribution in [3.63, 3.8) is 0 Å². The maximum atomic E-state index is 12.3. The lowest BCUT2D eigenvalue weighted by Gasteiger charge is -2.23. The predicted octanol–water partition coefficient (Wildman–Crippen LogP) is 2.93. The van der Waals surface area contributed by atoms with Gasteiger partial charge >= 0.3 is 5.97 Å². The molecule has 6 nitrogen and oxygen atoms in total. The number of rotatable bonds is 8. The standard InChI is InChI=1S/C23H30N4O2/c1-2-27-13-7-12-21(27)16-26-23(24)25-15-19-10-6-11-20(14-19)22(28)29-17-18-8-4-3-5-9-18/h3-6,8-11,14,21H,2,7,12-13,15-17H2,1H3,(H3,24,25,26). The second kappa shape index (κ2) is 10.6. The van der Waals surface area contributed by atoms with Crippen LogP contribution in [-0.2, 0) is 17.9 Å². The molecule has 29 heavy (non-hydrogen) atoms. The van der Waals surface area contributed by atoms with Gasteiger partial charge in [-0.3, -0.25) is 4.90 Å². The SMILES string of the molecule is CCN1CCCC1CNC(N)=NCc1cccc(C(=O)OCc2ccccc2)c1. The highest BCUT2D eigenvalue weighted by molar-refractivity contribution is 5.89. The van der Waals surface area contributed by atoms with E-state index in [-0.39, 0.29) is 12.6 Å². The van der Waals surface area contributed by atoms with Crippen LogP contribution in [0.3, 0.4) is 0 Å². The quantitative estimate of drug-likeness (QED) is 0.409. The molecule has 3 N–H and O–H groups in total. The minimum Gasteiger partial charge on any atom is -0.457 e. The van der Waals surface area contributed by atoms with Crippen LogP contribution in [0.15, 0.2) is 59.6 Å². The third kappa shape index (κ3) is 6.32. The zero-order valence-corrected chi connectivity index (χ0v) is 17.0. The summed E-state index contributed by atoms with van der Waals surface area (Å²) in [6.45, 7) is 5.90. The summed E-state index contributed by atoms with van der Waals surface area (Å²) in [6.07, 6.45) is 2.44. The highest BCUT2D eigenvalue weighted by atomic mass is 16.5. The van der Waals surface area contributed by atoms with Crippen LogP contribution >= 0.6 is 0 Å². The first-order chi connectivity index (χ1) is 14.2. The number of carbonyl (C=O) groups excluding carboxylic acids is 1. The van der Waals surface area contributed by atoms with Crippen molar-refractivity contribution in [3.05, 3.63) is 71.3 Å². The van der Waals surface area contributed by atoms with E-state index in [1.165, 1.54) is 12.8 Å². The summed E-state index contributed by atoms with van der Waals surface area (Å²) in [5, 5.41) is 3.23. The largest absolute Gasteiger partial charge is 0.457 e. The molecule has 2 aromatic carbocycles. The smallest absolute Gasteiger partial charge is 0.338 e. The fourth-order valence-electron chi connectivity index (χ4n) is 3.60. The van der Waals surface area contributed by atoms with Crippen molar-refractivity contribution in [1.29, 1.82) is 0 Å². The molecule has 0 aromatic heterocycles. The van der Waals surface area contributed by atoms with Gasteiger partial charge < -0.3 is 15.8 Å². The number of carbonyl (C=O) groups is 1. The van der Waals surface area contributed by atoms with Crippen molar-refractivity contribution in [2.75, 3.05) is 19.6 Å². The number of hydrogen-bond acceptors (Lipinski definition) is 4. The average molecular weight is 395 g/mol. The number of nitrogens with two attached hydrogens (primary N) is 1. The van der Waals surface area contributed by atoms with Crippen molar-refractivity contribution < 1.29 is 9.53 Å². The van der Waals surface area contributed by atoms with Gasteiger partial charge in [-0.15, -0.1) is 0 Å². The van der Waals surface area contributed by atoms with Gasteiger partial charge in [0.2, 0.25) is 0 Å². The maximum absolute atomic E-state index is 12.3. The number of guanidine groups is 1. The number of likely N-dealkylation sites (tertiary alicyclic amines) is 1. The number of ether oxygens (including phenoxy) is 1. The molecule has 1 heterocycles. The van der Waals surface area contributed by atoms with E-state index in [1.807, 2.05) is 42.5 Å². The van der Waals surface area contributed by atoms with Crippen molar-refractivity contribution in [2.24, 2.45) is 10.7 Å². The van der Waals surface area contributed by atoms with E-state index in [0.717, 1.165) is 30.8 Å². The normalized spacial score (nSPS) is 17.3. The monoisotopic (exact) mass is 394 g/mol. The summed E-state index contributed by atoms with van der Waals surface area (Å²) < 4.78 is 5.39. The van der Waals surface area contributed by atoms with Gasteiger partial charge in [0.25, 0.3) is 0 Å². The van der Waals surface area contributed by atoms with E-state index < -0.39 is 0 Å². The third-order valence-corrected chi connectivity index (χ3v) is 5.23. The van der Waals surface area contributed by atoms with Crippen LogP contribution in [0.5, 0.6) is 0 Å². The fourth-order valence-corrected chi connectivity index (χ4v) is 3.60. The van der Waals surface area contributed by atoms with E-state index in [1.54, 1.807) is 12.1 Å². The van der Waals surface area contributed by atoms with E-state index in [2.05, 4.69) is 22.1 Å². The van der Waals surface area contributed by atoms with Gasteiger partial charge in [0.15, 0.2) is 5.96 Å². The second-order valence-electron chi connectivity index (χ2n) is 7.27. The molecule has 0 radical (unpaired) electrons. The first-order valence-electron chi connectivity index (χ1n) is 10.2. The van der Waals surface area contributed by atoms with Gasteiger partial charge in [0.1, 0.15) is 6.61 Å². The van der Waals surface area contributed by atoms with Gasteiger partial charge in [-0.05, 0) is 49.2 Å². The molecule has 1 atom stereocenters. The molecule has 0 spiro atoms. The van der Waals surface area contributed by atoms with Crippen molar-refractivity contribution in [2.45, 2.75) is 39.0 Å². The second-order valence-corrected chi connectivity index (χ2v) is 7.27. The maximum Gasteiger partial charge on any atom is 0.338 e. The Morgan fingerprint density at radius 3 is 2.79 bits per heavy atom. The summed E-state index contributed by atoms with van der Waals surface area (Å²) in [7, 11) is 0. The molecule has 6 heteroatoms. The third-order valence-electron chi connectivity index (χ3n) is 5.23. The molecule has 0 amide bonds. The van der Waals surface area contributed by atoms with E-state index in [4.69, 9.17) is 10.5 Å². The molecule has 154 valence electrons. The first kappa shape index (κ1) is 20.9. The molecule has 1 unspecified atom stereocenters. The predicted molar refractivity (Wildman–Crippen MR) is 116 cm³/mol. The van der Waals surface area contributed by atoms with Crippen molar-refractivity contribution in [1.82, 2.24) is 10.2 Å². The minimum atomic E-state index is -0.341. The van der Waals surface area contributed by atoms with E-state index in [0.29, 0.717) is 24.1 Å². The molecule has 0 aliphatic carbocycles. The van der Waals surface area contributed by atoms with Crippen molar-refractivity contribution in [3.8, 4) is 0 Å². The van der Waals surface area contributed by atoms with E-state index >= 15 is 0 Å². The lowest BCUT2D eigenvalue weighted by Crippen LogP contribution is -2.42. The molecule has 0 saturated carbocycles. The number of nitrogens with one attached hydrogen (secondary N) is 1. The molecular formula is C23H30N4O2. The lowest BCUT2D eigenvalue weighted by atomic mass is 10.1. The average Bonchev–Trinajstić information content (AvgIpc) is 3.23. The van der Waals surface area contributed by atoms with Crippen LogP contribution in [0.1, 0.15) is 41.3 Å². The van der Waals surface area contributed by atoms with Gasteiger partial charge in [0, 0.05) is 12.6 Å². The molecular weight excluding hydrogens is 364 g/mol. The Kier molecular flexibility index (Phi) is 7.64. The summed E-state index contributed by atoms with van der Waals surface area (Å²) in [6, 6.07) is 17.5. The molecule has 1 fully saturated rings. The Morgan fingerprint density at radius 1 is 1.21 bits per heavy atom. The Hall–Kier alpha value is -2.86. The Bertz CT molecular complexity index is 823. The molecule has 3 rings (SSSR count). The molecule has 1 saturated heterocycles. The molecule has 1 aliphatic rings. The highest BCUT2D eigenvalue weighted by Gasteiger charge is 2.22. The van der Waals surface area contributed by atoms with Crippen LogP contribution in [-0.4, -0.2) is 42.5 Å². The number of nitrogens with zero attached hydrogens (tertiary/aromatic N) is 2. The van der Waals surface area contributed by atoms with Gasteiger partial charge in [-0.2, -0.15) is 0 Å². The van der Waals surface area contributed by atoms with Crippen molar-refractivity contribution >= 4 is 11.9 Å². The number of aliphatic imine (C=N–C) groups is 1. The minimum absolute atomic E-state index is 0.259. The van der Waals surface area contributed by atoms with Crippen LogP contribution in [0.2, 0.25) is 0 Å². The first-order valence-corrected chi connectivity index (χ1v) is 10.2. The van der Waals surface area contributed by atoms with Crippen LogP contribution in [0.4, 0.5) is 0 Å². The zero-order chi connectivity index (χ0) is 20.5. The highest BCUT2D eigenvalue weighted by Crippen LogP contribution is 2.15. The summed E-state index contributed by atoms with van der Waals surface area (Å²) in [5.41, 5.74) is 8.42. The molecule has 2 aromatic rings. The van der Waals surface area contributed by atoms with Crippen LogP contribution in [0, 0.1) is 0 Å². The zero-order valence-electron chi connectivity index (χ0n) is 17.0. The summed E-state index contributed by atoms with van der Waals surface area (Å²) >= 11 is 0. The molecule has 0 bridgehead atoms. The Labute approximate surface area is 172 Å². The van der Waals surface area contributed by atoms with Gasteiger partial charge in [0.05, 0.1) is 12.1 Å². The number of esters is 1. The molecule has 1 aliphatic heterocycles. The van der Waals surface area contributed by atoms with E-state index in [9.17, 15) is 4.79 Å². The lowest BCUT2D eigenvalue weighted by molar-refractivity contribution is 0.0472. The topological polar surface area (TPSA) is 80.0 Å². The van der Waals surface area contributed by atoms with Gasteiger partial charge in [-0.25, -0.2) is 9.79 Å². The van der Waals surface area contributed by atoms with Gasteiger partial charge in [-0.1, -0.05) is 49.4 Å². The van der Waals surface area contributed by atoms with Crippen LogP contribution < -0.4 is 11.1 Å². The Balaban J connectivity index is 1.49. The Morgan fingerprint density at radius 2 is 2.00 bits per heavy atom. The summed E-state index contributed by atoms with van der Waals surface area (Å²) in [4.78, 5) is 19.2. The van der Waals surface area contributed by atoms with Crippen LogP contribution in [0.25, 0.3) is 0 Å². The fraction of sp³-hybridized carbons (Fsp3) is 0.391. The number of likely N-dealkylation sites (N-methyl/N-ethyl adjacent to an activating group) is 1. The summed E-state index contributed by atoms with van der Waals surface area (Å²) in [5.74, 6) is 0.0941. The number of hydrogen-bond donors (Lipinski definition) is 2. The number of benzene rings is 2.